The molecule has 0 unspecified atom stereocenters. The summed E-state index contributed by atoms with van der Waals surface area (Å²) in [6.45, 7) is 6.11. The average Bonchev–Trinajstić information content (AvgIpc) is 3.47. The van der Waals surface area contributed by atoms with Gasteiger partial charge in [0.1, 0.15) is 17.3 Å². The van der Waals surface area contributed by atoms with Crippen LogP contribution in [-0.2, 0) is 17.8 Å². The van der Waals surface area contributed by atoms with E-state index in [2.05, 4.69) is 27.1 Å². The SMILES string of the molecule is C=CCn1c(-c2sc(NC(=O)CCc3ccc(-c4ccccc4F)o3)nc2C)n[nH]c1=S. The Morgan fingerprint density at radius 3 is 2.97 bits per heavy atom. The van der Waals surface area contributed by atoms with Gasteiger partial charge in [0.05, 0.1) is 16.1 Å². The van der Waals surface area contributed by atoms with Crippen LogP contribution in [0.5, 0.6) is 0 Å². The maximum Gasteiger partial charge on any atom is 0.226 e. The summed E-state index contributed by atoms with van der Waals surface area (Å²) in [5.41, 5.74) is 1.13. The topological polar surface area (TPSA) is 88.7 Å². The van der Waals surface area contributed by atoms with Crippen molar-refractivity contribution in [2.75, 3.05) is 5.32 Å². The van der Waals surface area contributed by atoms with Gasteiger partial charge in [0, 0.05) is 19.4 Å². The van der Waals surface area contributed by atoms with Crippen LogP contribution >= 0.6 is 23.6 Å². The first-order chi connectivity index (χ1) is 15.5. The predicted octanol–water partition coefficient (Wildman–Crippen LogP) is 5.53. The monoisotopic (exact) mass is 469 g/mol. The molecule has 1 amide bonds. The van der Waals surface area contributed by atoms with Crippen LogP contribution in [0.25, 0.3) is 22.0 Å². The number of hydrogen-bond donors (Lipinski definition) is 2. The van der Waals surface area contributed by atoms with Crippen LogP contribution in [0.15, 0.2) is 53.5 Å². The number of nitrogens with one attached hydrogen (secondary N) is 2. The van der Waals surface area contributed by atoms with E-state index in [-0.39, 0.29) is 18.1 Å². The van der Waals surface area contributed by atoms with Crippen molar-refractivity contribution >= 4 is 34.6 Å². The molecule has 0 radical (unpaired) electrons. The average molecular weight is 470 g/mol. The fraction of sp³-hybridized carbons (Fsp3) is 0.182. The highest BCUT2D eigenvalue weighted by atomic mass is 32.1. The third-order valence-corrected chi connectivity index (χ3v) is 6.10. The van der Waals surface area contributed by atoms with Crippen LogP contribution in [0.4, 0.5) is 9.52 Å². The minimum atomic E-state index is -0.351. The smallest absolute Gasteiger partial charge is 0.226 e. The molecule has 0 aliphatic carbocycles. The van der Waals surface area contributed by atoms with Crippen LogP contribution in [0.3, 0.4) is 0 Å². The molecule has 0 saturated carbocycles. The van der Waals surface area contributed by atoms with E-state index >= 15 is 0 Å². The van der Waals surface area contributed by atoms with Crippen molar-refractivity contribution in [3.05, 3.63) is 71.1 Å². The number of rotatable bonds is 8. The lowest BCUT2D eigenvalue weighted by molar-refractivity contribution is -0.116. The number of benzene rings is 1. The normalized spacial score (nSPS) is 10.9. The summed E-state index contributed by atoms with van der Waals surface area (Å²) >= 11 is 6.59. The molecule has 2 N–H and O–H groups in total. The van der Waals surface area contributed by atoms with Gasteiger partial charge in [0.25, 0.3) is 0 Å². The number of carbonyl (C=O) groups excluding carboxylic acids is 1. The van der Waals surface area contributed by atoms with Gasteiger partial charge in [-0.3, -0.25) is 14.5 Å². The third kappa shape index (κ3) is 4.61. The summed E-state index contributed by atoms with van der Waals surface area (Å²) in [6.07, 6.45) is 2.32. The van der Waals surface area contributed by atoms with Crippen LogP contribution < -0.4 is 5.32 Å². The van der Waals surface area contributed by atoms with Crippen molar-refractivity contribution in [1.82, 2.24) is 19.7 Å². The summed E-state index contributed by atoms with van der Waals surface area (Å²) in [7, 11) is 0. The molecule has 4 aromatic rings. The van der Waals surface area contributed by atoms with E-state index in [1.807, 2.05) is 11.5 Å². The summed E-state index contributed by atoms with van der Waals surface area (Å²) < 4.78 is 21.9. The highest BCUT2D eigenvalue weighted by Crippen LogP contribution is 2.32. The number of nitrogens with zero attached hydrogens (tertiary/aromatic N) is 3. The molecule has 3 heterocycles. The molecule has 10 heteroatoms. The van der Waals surface area contributed by atoms with E-state index in [9.17, 15) is 9.18 Å². The van der Waals surface area contributed by atoms with Crippen molar-refractivity contribution in [2.45, 2.75) is 26.3 Å². The van der Waals surface area contributed by atoms with Crippen LogP contribution in [0.1, 0.15) is 17.9 Å². The predicted molar refractivity (Wildman–Crippen MR) is 125 cm³/mol. The van der Waals surface area contributed by atoms with Crippen LogP contribution in [0, 0.1) is 17.5 Å². The molecule has 0 fully saturated rings. The molecule has 0 saturated heterocycles. The molecule has 0 aliphatic rings. The van der Waals surface area contributed by atoms with Crippen molar-refractivity contribution in [3.8, 4) is 22.0 Å². The van der Waals surface area contributed by atoms with E-state index in [1.54, 1.807) is 36.4 Å². The lowest BCUT2D eigenvalue weighted by Gasteiger charge is -2.02. The highest BCUT2D eigenvalue weighted by Gasteiger charge is 2.17. The summed E-state index contributed by atoms with van der Waals surface area (Å²) in [4.78, 5) is 17.7. The molecule has 0 bridgehead atoms. The number of allylic oxidation sites excluding steroid dienone is 1. The first kappa shape index (κ1) is 21.8. The Kier molecular flexibility index (Phi) is 6.42. The molecule has 0 spiro atoms. The Morgan fingerprint density at radius 1 is 1.38 bits per heavy atom. The number of furan rings is 1. The molecule has 0 aliphatic heterocycles. The van der Waals surface area contributed by atoms with Gasteiger partial charge in [-0.15, -0.1) is 6.58 Å². The number of thiazole rings is 1. The number of aryl methyl sites for hydroxylation is 2. The number of halogens is 1. The van der Waals surface area contributed by atoms with Gasteiger partial charge in [-0.1, -0.05) is 29.5 Å². The number of amides is 1. The third-order valence-electron chi connectivity index (χ3n) is 4.72. The molecule has 7 nitrogen and oxygen atoms in total. The first-order valence-electron chi connectivity index (χ1n) is 9.83. The molecule has 164 valence electrons. The van der Waals surface area contributed by atoms with Gasteiger partial charge in [-0.25, -0.2) is 9.37 Å². The second-order valence-electron chi connectivity index (χ2n) is 6.98. The zero-order valence-corrected chi connectivity index (χ0v) is 18.9. The summed E-state index contributed by atoms with van der Waals surface area (Å²) in [6, 6.07) is 9.86. The first-order valence-corrected chi connectivity index (χ1v) is 11.1. The molecule has 4 rings (SSSR count). The Morgan fingerprint density at radius 2 is 2.19 bits per heavy atom. The molecular formula is C22H20FN5O2S2. The minimum absolute atomic E-state index is 0.195. The number of carbonyl (C=O) groups is 1. The van der Waals surface area contributed by atoms with E-state index in [0.717, 1.165) is 10.6 Å². The Bertz CT molecular complexity index is 1330. The zero-order valence-electron chi connectivity index (χ0n) is 17.2. The Labute approximate surface area is 192 Å². The van der Waals surface area contributed by atoms with Gasteiger partial charge in [0.15, 0.2) is 15.7 Å². The fourth-order valence-electron chi connectivity index (χ4n) is 3.18. The molecular weight excluding hydrogens is 449 g/mol. The molecule has 0 atom stereocenters. The lowest BCUT2D eigenvalue weighted by atomic mass is 10.1. The Hall–Kier alpha value is -3.37. The number of aromatic nitrogens is 4. The van der Waals surface area contributed by atoms with Crippen molar-refractivity contribution < 1.29 is 13.6 Å². The van der Waals surface area contributed by atoms with Gasteiger partial charge >= 0.3 is 0 Å². The highest BCUT2D eigenvalue weighted by molar-refractivity contribution is 7.71. The molecule has 1 aromatic carbocycles. The van der Waals surface area contributed by atoms with Gasteiger partial charge in [-0.2, -0.15) is 5.10 Å². The lowest BCUT2D eigenvalue weighted by Crippen LogP contribution is -2.11. The maximum atomic E-state index is 13.9. The van der Waals surface area contributed by atoms with Crippen LogP contribution in [-0.4, -0.2) is 25.7 Å². The number of aromatic amines is 1. The number of hydrogen-bond acceptors (Lipinski definition) is 6. The van der Waals surface area contributed by atoms with E-state index in [4.69, 9.17) is 16.6 Å². The van der Waals surface area contributed by atoms with E-state index < -0.39 is 0 Å². The van der Waals surface area contributed by atoms with Gasteiger partial charge in [-0.05, 0) is 43.4 Å². The van der Waals surface area contributed by atoms with Gasteiger partial charge in [0.2, 0.25) is 5.91 Å². The van der Waals surface area contributed by atoms with Crippen molar-refractivity contribution in [3.63, 3.8) is 0 Å². The Balaban J connectivity index is 1.41. The standard InChI is InChI=1S/C22H20FN5O2S2/c1-3-12-28-20(26-27-22(28)31)19-13(2)24-21(32-19)25-18(29)11-9-14-8-10-17(30-14)15-6-4-5-7-16(15)23/h3-8,10H,1,9,11-12H2,2H3,(H,27,31)(H,24,25,29). The van der Waals surface area contributed by atoms with Gasteiger partial charge < -0.3 is 9.73 Å². The number of anilines is 1. The second-order valence-corrected chi connectivity index (χ2v) is 8.36. The molecule has 32 heavy (non-hydrogen) atoms. The van der Waals surface area contributed by atoms with Crippen molar-refractivity contribution in [2.24, 2.45) is 0 Å². The summed E-state index contributed by atoms with van der Waals surface area (Å²) in [5.74, 6) is 1.15. The van der Waals surface area contributed by atoms with E-state index in [0.29, 0.717) is 45.8 Å². The quantitative estimate of drug-likeness (QED) is 0.262. The van der Waals surface area contributed by atoms with E-state index in [1.165, 1.54) is 17.4 Å². The molecule has 3 aromatic heterocycles. The van der Waals surface area contributed by atoms with Crippen molar-refractivity contribution in [1.29, 1.82) is 0 Å². The zero-order chi connectivity index (χ0) is 22.7. The van der Waals surface area contributed by atoms with Crippen LogP contribution in [0.2, 0.25) is 0 Å². The minimum Gasteiger partial charge on any atom is -0.461 e. The second kappa shape index (κ2) is 9.41. The summed E-state index contributed by atoms with van der Waals surface area (Å²) in [5, 5.41) is 10.4. The number of H-pyrrole nitrogens is 1. The maximum absolute atomic E-state index is 13.9. The fourth-order valence-corrected chi connectivity index (χ4v) is 4.37. The largest absolute Gasteiger partial charge is 0.461 e.